The molecule has 3 heterocycles. The lowest BCUT2D eigenvalue weighted by Gasteiger charge is -2.18. The third-order valence-electron chi connectivity index (χ3n) is 3.96. The van der Waals surface area contributed by atoms with E-state index in [0.29, 0.717) is 0 Å². The molecule has 1 aliphatic heterocycles. The topological polar surface area (TPSA) is 64.9 Å². The summed E-state index contributed by atoms with van der Waals surface area (Å²) in [7, 11) is 1.99. The molecule has 23 heavy (non-hydrogen) atoms. The van der Waals surface area contributed by atoms with Crippen molar-refractivity contribution in [2.24, 2.45) is 7.05 Å². The van der Waals surface area contributed by atoms with Crippen molar-refractivity contribution in [3.8, 4) is 10.6 Å². The number of hydrogen-bond donors (Lipinski definition) is 1. The molecule has 0 bridgehead atoms. The molecule has 0 amide bonds. The first-order valence-corrected chi connectivity index (χ1v) is 8.37. The third-order valence-corrected chi connectivity index (χ3v) is 4.86. The largest absolute Gasteiger partial charge is 0.368 e. The van der Waals surface area contributed by atoms with Gasteiger partial charge in [0.25, 0.3) is 0 Å². The highest BCUT2D eigenvalue weighted by molar-refractivity contribution is 7.18. The molecule has 0 aliphatic carbocycles. The number of ether oxygens (including phenoxy) is 1. The fourth-order valence-corrected chi connectivity index (χ4v) is 3.59. The molecule has 0 spiro atoms. The molecule has 118 valence electrons. The number of hydrogen-bond acceptors (Lipinski definition) is 6. The van der Waals surface area contributed by atoms with Crippen LogP contribution in [-0.4, -0.2) is 32.4 Å². The van der Waals surface area contributed by atoms with Gasteiger partial charge in [-0.15, -0.1) is 10.2 Å². The molecule has 1 saturated heterocycles. The second-order valence-corrected chi connectivity index (χ2v) is 6.48. The van der Waals surface area contributed by atoms with E-state index >= 15 is 0 Å². The Morgan fingerprint density at radius 3 is 2.91 bits per heavy atom. The fourth-order valence-electron chi connectivity index (χ4n) is 2.78. The van der Waals surface area contributed by atoms with Gasteiger partial charge in [-0.25, -0.2) is 4.98 Å². The monoisotopic (exact) mass is 327 g/mol. The van der Waals surface area contributed by atoms with E-state index in [9.17, 15) is 0 Å². The number of benzene rings is 1. The molecule has 0 radical (unpaired) electrons. The number of imidazole rings is 1. The minimum atomic E-state index is -0.0564. The zero-order valence-corrected chi connectivity index (χ0v) is 13.5. The Kier molecular flexibility index (Phi) is 3.80. The van der Waals surface area contributed by atoms with E-state index in [0.717, 1.165) is 34.6 Å². The smallest absolute Gasteiger partial charge is 0.206 e. The highest BCUT2D eigenvalue weighted by Crippen LogP contribution is 2.32. The second kappa shape index (κ2) is 6.10. The summed E-state index contributed by atoms with van der Waals surface area (Å²) in [4.78, 5) is 4.41. The van der Waals surface area contributed by atoms with Crippen molar-refractivity contribution in [3.63, 3.8) is 0 Å². The Labute approximate surface area is 138 Å². The van der Waals surface area contributed by atoms with Crippen molar-refractivity contribution >= 4 is 16.5 Å². The van der Waals surface area contributed by atoms with Gasteiger partial charge >= 0.3 is 0 Å². The first kappa shape index (κ1) is 14.3. The van der Waals surface area contributed by atoms with E-state index in [1.54, 1.807) is 17.5 Å². The van der Waals surface area contributed by atoms with Gasteiger partial charge in [-0.2, -0.15) is 0 Å². The van der Waals surface area contributed by atoms with E-state index in [1.807, 2.05) is 48.1 Å². The van der Waals surface area contributed by atoms with E-state index in [1.165, 1.54) is 0 Å². The average molecular weight is 327 g/mol. The second-order valence-electron chi connectivity index (χ2n) is 5.51. The summed E-state index contributed by atoms with van der Waals surface area (Å²) in [6.45, 7) is 0.722. The van der Waals surface area contributed by atoms with E-state index in [2.05, 4.69) is 20.5 Å². The highest BCUT2D eigenvalue weighted by Gasteiger charge is 2.33. The first-order valence-electron chi connectivity index (χ1n) is 7.55. The molecule has 1 N–H and O–H groups in total. The number of rotatable bonds is 4. The summed E-state index contributed by atoms with van der Waals surface area (Å²) >= 11 is 1.56. The van der Waals surface area contributed by atoms with Crippen LogP contribution in [0.5, 0.6) is 0 Å². The van der Waals surface area contributed by atoms with Gasteiger partial charge < -0.3 is 14.6 Å². The van der Waals surface area contributed by atoms with Crippen LogP contribution < -0.4 is 5.32 Å². The normalized spacial score (nSPS) is 20.7. The van der Waals surface area contributed by atoms with Gasteiger partial charge in [0, 0.05) is 31.6 Å². The summed E-state index contributed by atoms with van der Waals surface area (Å²) in [5.74, 6) is 0.938. The molecule has 1 aliphatic rings. The van der Waals surface area contributed by atoms with Gasteiger partial charge in [0.2, 0.25) is 5.13 Å². The minimum Gasteiger partial charge on any atom is -0.368 e. The Hall–Kier alpha value is -2.25. The molecular weight excluding hydrogens is 310 g/mol. The van der Waals surface area contributed by atoms with Gasteiger partial charge in [-0.3, -0.25) is 0 Å². The van der Waals surface area contributed by atoms with Gasteiger partial charge in [0.1, 0.15) is 16.9 Å². The number of aryl methyl sites for hydroxylation is 1. The summed E-state index contributed by atoms with van der Waals surface area (Å²) in [6.07, 6.45) is 4.61. The highest BCUT2D eigenvalue weighted by atomic mass is 32.1. The molecule has 7 heteroatoms. The molecule has 6 nitrogen and oxygen atoms in total. The predicted octanol–water partition coefficient (Wildman–Crippen LogP) is 2.88. The van der Waals surface area contributed by atoms with Gasteiger partial charge in [0.05, 0.1) is 6.04 Å². The number of anilines is 1. The third kappa shape index (κ3) is 2.85. The van der Waals surface area contributed by atoms with E-state index < -0.39 is 0 Å². The average Bonchev–Trinajstić information content (AvgIpc) is 3.30. The zero-order chi connectivity index (χ0) is 15.6. The van der Waals surface area contributed by atoms with Gasteiger partial charge in [0.15, 0.2) is 0 Å². The lowest BCUT2D eigenvalue weighted by Crippen LogP contribution is -2.25. The standard InChI is InChI=1S/C16H17N5OS/c1-21-9-8-17-14(21)13-12(7-10-22-13)18-16-20-19-15(23-16)11-5-3-2-4-6-11/h2-6,8-9,12-13H,7,10H2,1H3,(H,18,20)/t12-,13-/m0/s1. The zero-order valence-electron chi connectivity index (χ0n) is 12.7. The Morgan fingerprint density at radius 2 is 2.13 bits per heavy atom. The summed E-state index contributed by atoms with van der Waals surface area (Å²) in [5, 5.41) is 13.7. The van der Waals surface area contributed by atoms with Crippen LogP contribution in [0.15, 0.2) is 42.7 Å². The Bertz CT molecular complexity index is 785. The van der Waals surface area contributed by atoms with Gasteiger partial charge in [-0.1, -0.05) is 41.7 Å². The summed E-state index contributed by atoms with van der Waals surface area (Å²) in [6, 6.07) is 10.3. The maximum Gasteiger partial charge on any atom is 0.206 e. The molecule has 0 unspecified atom stereocenters. The molecule has 2 atom stereocenters. The molecule has 1 aromatic carbocycles. The quantitative estimate of drug-likeness (QED) is 0.798. The van der Waals surface area contributed by atoms with Crippen molar-refractivity contribution < 1.29 is 4.74 Å². The van der Waals surface area contributed by atoms with Crippen LogP contribution in [0.2, 0.25) is 0 Å². The fraction of sp³-hybridized carbons (Fsp3) is 0.312. The van der Waals surface area contributed by atoms with E-state index in [-0.39, 0.29) is 12.1 Å². The molecule has 1 fully saturated rings. The van der Waals surface area contributed by atoms with Crippen LogP contribution in [0.3, 0.4) is 0 Å². The molecular formula is C16H17N5OS. The lowest BCUT2D eigenvalue weighted by atomic mass is 10.1. The van der Waals surface area contributed by atoms with Crippen LogP contribution >= 0.6 is 11.3 Å². The summed E-state index contributed by atoms with van der Waals surface area (Å²) < 4.78 is 7.87. The SMILES string of the molecule is Cn1ccnc1[C@H]1OCC[C@@H]1Nc1nnc(-c2ccccc2)s1. The molecule has 4 rings (SSSR count). The summed E-state index contributed by atoms with van der Waals surface area (Å²) in [5.41, 5.74) is 1.08. The van der Waals surface area contributed by atoms with E-state index in [4.69, 9.17) is 4.74 Å². The molecule has 2 aromatic heterocycles. The van der Waals surface area contributed by atoms with Crippen molar-refractivity contribution in [2.45, 2.75) is 18.6 Å². The van der Waals surface area contributed by atoms with Crippen molar-refractivity contribution in [1.29, 1.82) is 0 Å². The van der Waals surface area contributed by atoms with Crippen LogP contribution in [0, 0.1) is 0 Å². The number of nitrogens with zero attached hydrogens (tertiary/aromatic N) is 4. The van der Waals surface area contributed by atoms with Gasteiger partial charge in [-0.05, 0) is 6.42 Å². The molecule has 3 aromatic rings. The maximum absolute atomic E-state index is 5.87. The minimum absolute atomic E-state index is 0.0564. The van der Waals surface area contributed by atoms with Crippen LogP contribution in [-0.2, 0) is 11.8 Å². The van der Waals surface area contributed by atoms with Crippen molar-refractivity contribution in [3.05, 3.63) is 48.5 Å². The maximum atomic E-state index is 5.87. The number of aromatic nitrogens is 4. The lowest BCUT2D eigenvalue weighted by molar-refractivity contribution is 0.0983. The van der Waals surface area contributed by atoms with Crippen LogP contribution in [0.4, 0.5) is 5.13 Å². The van der Waals surface area contributed by atoms with Crippen LogP contribution in [0.25, 0.3) is 10.6 Å². The van der Waals surface area contributed by atoms with Crippen LogP contribution in [0.1, 0.15) is 18.3 Å². The Balaban J connectivity index is 1.52. The number of nitrogens with one attached hydrogen (secondary N) is 1. The Morgan fingerprint density at radius 1 is 1.26 bits per heavy atom. The van der Waals surface area contributed by atoms with Crippen molar-refractivity contribution in [2.75, 3.05) is 11.9 Å². The molecule has 0 saturated carbocycles. The first-order chi connectivity index (χ1) is 11.3. The predicted molar refractivity (Wildman–Crippen MR) is 89.3 cm³/mol. The van der Waals surface area contributed by atoms with Crippen molar-refractivity contribution in [1.82, 2.24) is 19.7 Å².